The van der Waals surface area contributed by atoms with E-state index >= 15 is 0 Å². The summed E-state index contributed by atoms with van der Waals surface area (Å²) in [5, 5.41) is 0.613. The van der Waals surface area contributed by atoms with Crippen LogP contribution < -0.4 is 4.90 Å². The maximum Gasteiger partial charge on any atom is 0.409 e. The quantitative estimate of drug-likeness (QED) is 0.406. The normalized spacial score (nSPS) is 14.7. The summed E-state index contributed by atoms with van der Waals surface area (Å²) in [4.78, 5) is 35.7. The van der Waals surface area contributed by atoms with Gasteiger partial charge in [0.15, 0.2) is 5.13 Å². The molecule has 0 radical (unpaired) electrons. The third kappa shape index (κ3) is 6.40. The Balaban J connectivity index is 1.54. The molecule has 0 unspecified atom stereocenters. The number of aryl methyl sites for hydroxylation is 2. The van der Waals surface area contributed by atoms with Gasteiger partial charge in [0.2, 0.25) is 10.0 Å². The SMILES string of the molecule is CCOC(=O)N1CCN(S(=O)(=O)c2ccc(C(=O)N(CCN(C)C)c3nc4c(C)cc(C)cc4s3)cc2)CC1. The Morgan fingerprint density at radius 1 is 1.03 bits per heavy atom. The highest BCUT2D eigenvalue weighted by atomic mass is 32.2. The van der Waals surface area contributed by atoms with Gasteiger partial charge in [-0.3, -0.25) is 9.69 Å². The molecule has 2 aromatic carbocycles. The van der Waals surface area contributed by atoms with Crippen molar-refractivity contribution in [1.29, 1.82) is 0 Å². The van der Waals surface area contributed by atoms with E-state index in [9.17, 15) is 18.0 Å². The second-order valence-electron chi connectivity index (χ2n) is 9.80. The first-order valence-corrected chi connectivity index (χ1v) is 15.1. The van der Waals surface area contributed by atoms with Crippen LogP contribution in [-0.4, -0.2) is 99.5 Å². The Morgan fingerprint density at radius 3 is 2.31 bits per heavy atom. The fourth-order valence-corrected chi connectivity index (χ4v) is 7.05. The number of fused-ring (bicyclic) bond motifs is 1. The van der Waals surface area contributed by atoms with Crippen LogP contribution in [0.4, 0.5) is 9.93 Å². The van der Waals surface area contributed by atoms with Crippen LogP contribution in [0.1, 0.15) is 28.4 Å². The van der Waals surface area contributed by atoms with E-state index < -0.39 is 16.1 Å². The van der Waals surface area contributed by atoms with Crippen molar-refractivity contribution in [1.82, 2.24) is 19.1 Å². The van der Waals surface area contributed by atoms with E-state index in [1.54, 1.807) is 24.0 Å². The van der Waals surface area contributed by atoms with E-state index in [-0.39, 0.29) is 43.6 Å². The number of likely N-dealkylation sites (N-methyl/N-ethyl adjacent to an activating group) is 1. The summed E-state index contributed by atoms with van der Waals surface area (Å²) < 4.78 is 33.9. The molecule has 0 bridgehead atoms. The van der Waals surface area contributed by atoms with Gasteiger partial charge in [0.1, 0.15) is 0 Å². The van der Waals surface area contributed by atoms with Gasteiger partial charge in [-0.2, -0.15) is 4.31 Å². The van der Waals surface area contributed by atoms with Crippen molar-refractivity contribution in [3.63, 3.8) is 0 Å². The molecule has 39 heavy (non-hydrogen) atoms. The summed E-state index contributed by atoms with van der Waals surface area (Å²) in [5.41, 5.74) is 3.46. The Kier molecular flexibility index (Phi) is 8.90. The molecule has 10 nitrogen and oxygen atoms in total. The number of anilines is 1. The number of thiazole rings is 1. The number of amides is 2. The third-order valence-electron chi connectivity index (χ3n) is 6.57. The van der Waals surface area contributed by atoms with Crippen molar-refractivity contribution in [2.45, 2.75) is 25.7 Å². The highest BCUT2D eigenvalue weighted by molar-refractivity contribution is 7.89. The molecule has 1 aliphatic heterocycles. The van der Waals surface area contributed by atoms with Crippen molar-refractivity contribution in [3.05, 3.63) is 53.1 Å². The number of rotatable bonds is 8. The molecule has 1 saturated heterocycles. The lowest BCUT2D eigenvalue weighted by Gasteiger charge is -2.33. The number of carbonyl (C=O) groups is 2. The molecule has 12 heteroatoms. The van der Waals surface area contributed by atoms with E-state index in [1.165, 1.54) is 32.7 Å². The number of benzene rings is 2. The molecule has 0 aliphatic carbocycles. The second-order valence-corrected chi connectivity index (χ2v) is 12.7. The van der Waals surface area contributed by atoms with Crippen molar-refractivity contribution >= 4 is 48.7 Å². The highest BCUT2D eigenvalue weighted by Gasteiger charge is 2.31. The summed E-state index contributed by atoms with van der Waals surface area (Å²) >= 11 is 1.48. The minimum atomic E-state index is -3.77. The fraction of sp³-hybridized carbons (Fsp3) is 0.444. The Bertz CT molecular complexity index is 1450. The zero-order chi connectivity index (χ0) is 28.3. The molecule has 2 heterocycles. The number of ether oxygens (including phenoxy) is 1. The third-order valence-corrected chi connectivity index (χ3v) is 9.51. The number of aromatic nitrogens is 1. The lowest BCUT2D eigenvalue weighted by molar-refractivity contribution is 0.0933. The summed E-state index contributed by atoms with van der Waals surface area (Å²) in [6, 6.07) is 10.2. The molecular formula is C27H35N5O5S2. The fourth-order valence-electron chi connectivity index (χ4n) is 4.46. The largest absolute Gasteiger partial charge is 0.450 e. The minimum Gasteiger partial charge on any atom is -0.450 e. The molecular weight excluding hydrogens is 538 g/mol. The number of hydrogen-bond acceptors (Lipinski definition) is 8. The zero-order valence-electron chi connectivity index (χ0n) is 23.0. The maximum atomic E-state index is 13.7. The van der Waals surface area contributed by atoms with E-state index in [1.807, 2.05) is 32.8 Å². The number of hydrogen-bond donors (Lipinski definition) is 0. The van der Waals surface area contributed by atoms with Crippen LogP contribution in [0.3, 0.4) is 0 Å². The average molecular weight is 574 g/mol. The summed E-state index contributed by atoms with van der Waals surface area (Å²) in [5.74, 6) is -0.239. The molecule has 1 aliphatic rings. The van der Waals surface area contributed by atoms with Crippen LogP contribution >= 0.6 is 11.3 Å². The van der Waals surface area contributed by atoms with Gasteiger partial charge in [-0.05, 0) is 76.3 Å². The van der Waals surface area contributed by atoms with Gasteiger partial charge in [0, 0.05) is 44.8 Å². The first kappa shape index (κ1) is 28.9. The molecule has 0 spiro atoms. The van der Waals surface area contributed by atoms with Crippen LogP contribution in [0, 0.1) is 13.8 Å². The summed E-state index contributed by atoms with van der Waals surface area (Å²) in [7, 11) is 0.117. The zero-order valence-corrected chi connectivity index (χ0v) is 24.6. The molecule has 1 aromatic heterocycles. The van der Waals surface area contributed by atoms with Gasteiger partial charge < -0.3 is 14.5 Å². The van der Waals surface area contributed by atoms with Crippen molar-refractivity contribution in [2.75, 3.05) is 64.9 Å². The minimum absolute atomic E-state index is 0.106. The standard InChI is InChI=1S/C27H35N5O5S2/c1-6-37-27(34)30-12-14-31(15-13-30)39(35,36)22-9-7-21(8-10-22)25(33)32(16-11-29(4)5)26-28-24-20(3)17-19(2)18-23(24)38-26/h7-10,17-18H,6,11-16H2,1-5H3. The monoisotopic (exact) mass is 573 g/mol. The lowest BCUT2D eigenvalue weighted by atomic mass is 10.1. The predicted octanol–water partition coefficient (Wildman–Crippen LogP) is 3.58. The number of sulfonamides is 1. The van der Waals surface area contributed by atoms with E-state index in [0.29, 0.717) is 23.8 Å². The molecule has 3 aromatic rings. The molecule has 210 valence electrons. The maximum absolute atomic E-state index is 13.7. The first-order valence-electron chi connectivity index (χ1n) is 12.9. The summed E-state index contributed by atoms with van der Waals surface area (Å²) in [6.07, 6.45) is -0.436. The molecule has 0 N–H and O–H groups in total. The number of nitrogens with zero attached hydrogens (tertiary/aromatic N) is 5. The average Bonchev–Trinajstić information content (AvgIpc) is 3.33. The van der Waals surface area contributed by atoms with Crippen LogP contribution in [-0.2, 0) is 14.8 Å². The summed E-state index contributed by atoms with van der Waals surface area (Å²) in [6.45, 7) is 8.01. The van der Waals surface area contributed by atoms with Gasteiger partial charge >= 0.3 is 6.09 Å². The van der Waals surface area contributed by atoms with Gasteiger partial charge in [0.25, 0.3) is 5.91 Å². The van der Waals surface area contributed by atoms with Crippen LogP contribution in [0.25, 0.3) is 10.2 Å². The van der Waals surface area contributed by atoms with Crippen molar-refractivity contribution in [2.24, 2.45) is 0 Å². The van der Waals surface area contributed by atoms with Gasteiger partial charge in [0.05, 0.1) is 21.7 Å². The smallest absolute Gasteiger partial charge is 0.409 e. The van der Waals surface area contributed by atoms with E-state index in [4.69, 9.17) is 9.72 Å². The molecule has 0 atom stereocenters. The van der Waals surface area contributed by atoms with Gasteiger partial charge in [-0.25, -0.2) is 18.2 Å². The molecule has 1 fully saturated rings. The number of carbonyl (C=O) groups excluding carboxylic acids is 2. The van der Waals surface area contributed by atoms with Crippen LogP contribution in [0.15, 0.2) is 41.3 Å². The van der Waals surface area contributed by atoms with E-state index in [2.05, 4.69) is 12.1 Å². The van der Waals surface area contributed by atoms with Crippen molar-refractivity contribution in [3.8, 4) is 0 Å². The molecule has 4 rings (SSSR count). The first-order chi connectivity index (χ1) is 18.5. The lowest BCUT2D eigenvalue weighted by Crippen LogP contribution is -2.50. The van der Waals surface area contributed by atoms with Crippen LogP contribution in [0.2, 0.25) is 0 Å². The van der Waals surface area contributed by atoms with E-state index in [0.717, 1.165) is 21.3 Å². The Morgan fingerprint density at radius 2 is 1.69 bits per heavy atom. The predicted molar refractivity (Wildman–Crippen MR) is 153 cm³/mol. The molecule has 0 saturated carbocycles. The Labute approximate surface area is 233 Å². The van der Waals surface area contributed by atoms with Gasteiger partial charge in [-0.15, -0.1) is 0 Å². The molecule has 2 amide bonds. The number of piperazine rings is 1. The second kappa shape index (κ2) is 12.0. The van der Waals surface area contributed by atoms with Crippen LogP contribution in [0.5, 0.6) is 0 Å². The Hall–Kier alpha value is -3.06. The topological polar surface area (TPSA) is 103 Å². The van der Waals surface area contributed by atoms with Crippen molar-refractivity contribution < 1.29 is 22.7 Å². The highest BCUT2D eigenvalue weighted by Crippen LogP contribution is 2.32. The van der Waals surface area contributed by atoms with Gasteiger partial charge in [-0.1, -0.05) is 17.4 Å².